The summed E-state index contributed by atoms with van der Waals surface area (Å²) in [4.78, 5) is 20.8. The molecule has 2 aromatic rings. The molecule has 0 atom stereocenters. The highest BCUT2D eigenvalue weighted by Crippen LogP contribution is 2.23. The van der Waals surface area contributed by atoms with Crippen molar-refractivity contribution in [1.82, 2.24) is 9.97 Å². The lowest BCUT2D eigenvalue weighted by molar-refractivity contribution is 0.102. The number of hydrogen-bond donors (Lipinski definition) is 1. The molecular formula is C11H10BrN3OS. The molecule has 2 aromatic heterocycles. The molecule has 88 valence electrons. The lowest BCUT2D eigenvalue weighted by Gasteiger charge is -2.04. The number of halogens is 1. The van der Waals surface area contributed by atoms with E-state index in [9.17, 15) is 4.79 Å². The van der Waals surface area contributed by atoms with Gasteiger partial charge in [0, 0.05) is 15.9 Å². The summed E-state index contributed by atoms with van der Waals surface area (Å²) in [5.74, 6) is 0.143. The van der Waals surface area contributed by atoms with E-state index in [1.54, 1.807) is 0 Å². The molecule has 0 saturated carbocycles. The SMILES string of the molecule is Cc1cc(C)nc(NC(=O)c2sccc2Br)n1. The fourth-order valence-electron chi connectivity index (χ4n) is 1.40. The highest BCUT2D eigenvalue weighted by atomic mass is 79.9. The van der Waals surface area contributed by atoms with E-state index in [0.29, 0.717) is 10.8 Å². The predicted molar refractivity (Wildman–Crippen MR) is 71.5 cm³/mol. The first-order valence-electron chi connectivity index (χ1n) is 4.93. The Balaban J connectivity index is 2.21. The number of anilines is 1. The van der Waals surface area contributed by atoms with Gasteiger partial charge >= 0.3 is 0 Å². The summed E-state index contributed by atoms with van der Waals surface area (Å²) in [5, 5.41) is 4.53. The summed E-state index contributed by atoms with van der Waals surface area (Å²) in [6.45, 7) is 3.73. The molecule has 0 bridgehead atoms. The molecule has 6 heteroatoms. The molecule has 0 aliphatic carbocycles. The number of nitrogens with zero attached hydrogens (tertiary/aromatic N) is 2. The first kappa shape index (κ1) is 12.2. The van der Waals surface area contributed by atoms with Crippen molar-refractivity contribution in [1.29, 1.82) is 0 Å². The average Bonchev–Trinajstić information content (AvgIpc) is 2.62. The van der Waals surface area contributed by atoms with Gasteiger partial charge in [-0.05, 0) is 47.3 Å². The second-order valence-electron chi connectivity index (χ2n) is 3.53. The van der Waals surface area contributed by atoms with E-state index in [1.165, 1.54) is 11.3 Å². The summed E-state index contributed by atoms with van der Waals surface area (Å²) in [6, 6.07) is 3.69. The number of rotatable bonds is 2. The second kappa shape index (κ2) is 4.93. The maximum Gasteiger partial charge on any atom is 0.269 e. The van der Waals surface area contributed by atoms with Crippen LogP contribution in [0.4, 0.5) is 5.95 Å². The number of carbonyl (C=O) groups is 1. The molecule has 0 aromatic carbocycles. The van der Waals surface area contributed by atoms with E-state index in [-0.39, 0.29) is 5.91 Å². The van der Waals surface area contributed by atoms with Gasteiger partial charge in [-0.25, -0.2) is 9.97 Å². The minimum absolute atomic E-state index is 0.197. The molecule has 4 nitrogen and oxygen atoms in total. The zero-order valence-corrected chi connectivity index (χ0v) is 11.7. The van der Waals surface area contributed by atoms with Crippen LogP contribution < -0.4 is 5.32 Å². The molecule has 0 fully saturated rings. The third kappa shape index (κ3) is 2.89. The van der Waals surface area contributed by atoms with Crippen LogP contribution in [-0.4, -0.2) is 15.9 Å². The largest absolute Gasteiger partial charge is 0.290 e. The minimum atomic E-state index is -0.197. The van der Waals surface area contributed by atoms with Gasteiger partial charge in [0.25, 0.3) is 5.91 Å². The van der Waals surface area contributed by atoms with Crippen molar-refractivity contribution in [2.24, 2.45) is 0 Å². The summed E-state index contributed by atoms with van der Waals surface area (Å²) in [7, 11) is 0. The van der Waals surface area contributed by atoms with Crippen LogP contribution in [0.15, 0.2) is 22.0 Å². The van der Waals surface area contributed by atoms with Crippen LogP contribution in [0.3, 0.4) is 0 Å². The van der Waals surface area contributed by atoms with Gasteiger partial charge in [-0.3, -0.25) is 10.1 Å². The van der Waals surface area contributed by atoms with Gasteiger partial charge in [0.2, 0.25) is 5.95 Å². The van der Waals surface area contributed by atoms with E-state index in [4.69, 9.17) is 0 Å². The number of aromatic nitrogens is 2. The Morgan fingerprint density at radius 2 is 2.00 bits per heavy atom. The van der Waals surface area contributed by atoms with E-state index >= 15 is 0 Å². The Bertz CT molecular complexity index is 547. The standard InChI is InChI=1S/C11H10BrN3OS/c1-6-5-7(2)14-11(13-6)15-10(16)9-8(12)3-4-17-9/h3-5H,1-2H3,(H,13,14,15,16). The van der Waals surface area contributed by atoms with E-state index in [0.717, 1.165) is 15.9 Å². The third-order valence-electron chi connectivity index (χ3n) is 2.03. The first-order valence-corrected chi connectivity index (χ1v) is 6.60. The highest BCUT2D eigenvalue weighted by Gasteiger charge is 2.13. The maximum atomic E-state index is 11.9. The Morgan fingerprint density at radius 1 is 1.35 bits per heavy atom. The quantitative estimate of drug-likeness (QED) is 0.926. The molecule has 0 aliphatic heterocycles. The number of amides is 1. The number of hydrogen-bond acceptors (Lipinski definition) is 4. The summed E-state index contributed by atoms with van der Waals surface area (Å²) < 4.78 is 0.782. The van der Waals surface area contributed by atoms with Gasteiger partial charge in [-0.2, -0.15) is 0 Å². The molecule has 1 amide bonds. The molecule has 2 rings (SSSR count). The van der Waals surface area contributed by atoms with Gasteiger partial charge in [0.05, 0.1) is 0 Å². The van der Waals surface area contributed by atoms with Crippen molar-refractivity contribution in [2.75, 3.05) is 5.32 Å². The highest BCUT2D eigenvalue weighted by molar-refractivity contribution is 9.10. The van der Waals surface area contributed by atoms with Crippen molar-refractivity contribution < 1.29 is 4.79 Å². The summed E-state index contributed by atoms with van der Waals surface area (Å²) in [6.07, 6.45) is 0. The van der Waals surface area contributed by atoms with Crippen LogP contribution in [0.2, 0.25) is 0 Å². The Hall–Kier alpha value is -1.27. The summed E-state index contributed by atoms with van der Waals surface area (Å²) >= 11 is 4.69. The minimum Gasteiger partial charge on any atom is -0.290 e. The molecule has 0 aliphatic rings. The van der Waals surface area contributed by atoms with Crippen molar-refractivity contribution in [3.05, 3.63) is 38.3 Å². The van der Waals surface area contributed by atoms with Crippen LogP contribution in [-0.2, 0) is 0 Å². The fraction of sp³-hybridized carbons (Fsp3) is 0.182. The van der Waals surface area contributed by atoms with E-state index in [1.807, 2.05) is 31.4 Å². The van der Waals surface area contributed by atoms with Gasteiger partial charge < -0.3 is 0 Å². The lowest BCUT2D eigenvalue weighted by Crippen LogP contribution is -2.14. The van der Waals surface area contributed by atoms with Gasteiger partial charge in [0.15, 0.2) is 0 Å². The number of aryl methyl sites for hydroxylation is 2. The smallest absolute Gasteiger partial charge is 0.269 e. The van der Waals surface area contributed by atoms with Crippen molar-refractivity contribution in [2.45, 2.75) is 13.8 Å². The molecule has 17 heavy (non-hydrogen) atoms. The van der Waals surface area contributed by atoms with Gasteiger partial charge in [0.1, 0.15) is 4.88 Å². The predicted octanol–water partition coefficient (Wildman–Crippen LogP) is 3.17. The fourth-order valence-corrected chi connectivity index (χ4v) is 2.84. The van der Waals surface area contributed by atoms with Crippen LogP contribution in [0, 0.1) is 13.8 Å². The molecular weight excluding hydrogens is 302 g/mol. The normalized spacial score (nSPS) is 10.3. The monoisotopic (exact) mass is 311 g/mol. The average molecular weight is 312 g/mol. The molecule has 0 saturated heterocycles. The molecule has 0 spiro atoms. The molecule has 0 unspecified atom stereocenters. The van der Waals surface area contributed by atoms with Gasteiger partial charge in [-0.15, -0.1) is 11.3 Å². The van der Waals surface area contributed by atoms with Crippen molar-refractivity contribution in [3.63, 3.8) is 0 Å². The molecule has 2 heterocycles. The molecule has 0 radical (unpaired) electrons. The third-order valence-corrected chi connectivity index (χ3v) is 3.87. The van der Waals surface area contributed by atoms with Crippen LogP contribution in [0.5, 0.6) is 0 Å². The zero-order valence-electron chi connectivity index (χ0n) is 9.32. The van der Waals surface area contributed by atoms with Crippen molar-refractivity contribution in [3.8, 4) is 0 Å². The van der Waals surface area contributed by atoms with Crippen LogP contribution >= 0.6 is 27.3 Å². The maximum absolute atomic E-state index is 11.9. The summed E-state index contributed by atoms with van der Waals surface area (Å²) in [5.41, 5.74) is 1.66. The van der Waals surface area contributed by atoms with Gasteiger partial charge in [-0.1, -0.05) is 0 Å². The Morgan fingerprint density at radius 3 is 2.53 bits per heavy atom. The van der Waals surface area contributed by atoms with Crippen LogP contribution in [0.25, 0.3) is 0 Å². The second-order valence-corrected chi connectivity index (χ2v) is 5.30. The van der Waals surface area contributed by atoms with Crippen molar-refractivity contribution >= 4 is 39.1 Å². The number of thiophene rings is 1. The topological polar surface area (TPSA) is 54.9 Å². The Kier molecular flexibility index (Phi) is 3.54. The Labute approximate surface area is 111 Å². The lowest BCUT2D eigenvalue weighted by atomic mass is 10.3. The number of carbonyl (C=O) groups excluding carboxylic acids is 1. The van der Waals surface area contributed by atoms with Crippen LogP contribution in [0.1, 0.15) is 21.1 Å². The van der Waals surface area contributed by atoms with E-state index < -0.39 is 0 Å². The molecule has 1 N–H and O–H groups in total. The van der Waals surface area contributed by atoms with E-state index in [2.05, 4.69) is 31.2 Å². The first-order chi connectivity index (χ1) is 8.06. The zero-order chi connectivity index (χ0) is 12.4. The number of nitrogens with one attached hydrogen (secondary N) is 1.